The summed E-state index contributed by atoms with van der Waals surface area (Å²) in [6.45, 7) is -1.61. The molecule has 1 atom stereocenters. The number of alkyl halides is 6. The van der Waals surface area contributed by atoms with Crippen LogP contribution in [0.1, 0.15) is 17.2 Å². The van der Waals surface area contributed by atoms with Gasteiger partial charge < -0.3 is 15.3 Å². The maximum Gasteiger partial charge on any atom is 0.416 e. The smallest absolute Gasteiger partial charge is 0.387 e. The summed E-state index contributed by atoms with van der Waals surface area (Å²) in [5.41, 5.74) is -0.445. The van der Waals surface area contributed by atoms with Crippen molar-refractivity contribution < 1.29 is 36.2 Å². The van der Waals surface area contributed by atoms with Gasteiger partial charge in [0.25, 0.3) is 0 Å². The molecular formula is C20H19F6N3O2. The van der Waals surface area contributed by atoms with Crippen molar-refractivity contribution in [3.63, 3.8) is 0 Å². The minimum atomic E-state index is -4.57. The predicted molar refractivity (Wildman–Crippen MR) is 102 cm³/mol. The van der Waals surface area contributed by atoms with Crippen LogP contribution in [0.25, 0.3) is 0 Å². The third kappa shape index (κ3) is 5.60. The molecule has 0 aliphatic carbocycles. The molecular weight excluding hydrogens is 428 g/mol. The van der Waals surface area contributed by atoms with Crippen LogP contribution in [0, 0.1) is 0 Å². The summed E-state index contributed by atoms with van der Waals surface area (Å²) in [7, 11) is 0. The summed E-state index contributed by atoms with van der Waals surface area (Å²) in [4.78, 5) is 15.0. The molecule has 0 radical (unpaired) electrons. The van der Waals surface area contributed by atoms with Crippen LogP contribution in [0.3, 0.4) is 0 Å². The lowest BCUT2D eigenvalue weighted by molar-refractivity contribution is -0.137. The van der Waals surface area contributed by atoms with Gasteiger partial charge >= 0.3 is 18.4 Å². The molecule has 168 valence electrons. The zero-order valence-electron chi connectivity index (χ0n) is 16.0. The van der Waals surface area contributed by atoms with Crippen molar-refractivity contribution in [1.29, 1.82) is 0 Å². The van der Waals surface area contributed by atoms with E-state index in [4.69, 9.17) is 0 Å². The average Bonchev–Trinajstić information content (AvgIpc) is 2.70. The summed E-state index contributed by atoms with van der Waals surface area (Å²) in [6, 6.07) is 9.54. The first kappa shape index (κ1) is 22.7. The first-order valence-corrected chi connectivity index (χ1v) is 9.27. The number of urea groups is 1. The summed E-state index contributed by atoms with van der Waals surface area (Å²) >= 11 is 0. The van der Waals surface area contributed by atoms with Crippen molar-refractivity contribution in [2.75, 3.05) is 36.0 Å². The quantitative estimate of drug-likeness (QED) is 0.686. The molecule has 0 spiro atoms. The van der Waals surface area contributed by atoms with E-state index in [0.29, 0.717) is 0 Å². The number of aliphatic hydroxyl groups excluding tert-OH is 1. The monoisotopic (exact) mass is 447 g/mol. The van der Waals surface area contributed by atoms with E-state index in [1.807, 2.05) is 0 Å². The molecule has 0 fully saturated rings. The zero-order valence-corrected chi connectivity index (χ0v) is 16.0. The molecule has 5 nitrogen and oxygen atoms in total. The second kappa shape index (κ2) is 8.66. The van der Waals surface area contributed by atoms with Crippen molar-refractivity contribution in [3.8, 4) is 0 Å². The Morgan fingerprint density at radius 2 is 1.68 bits per heavy atom. The molecule has 2 aromatic carbocycles. The van der Waals surface area contributed by atoms with Crippen molar-refractivity contribution in [1.82, 2.24) is 5.32 Å². The van der Waals surface area contributed by atoms with Crippen LogP contribution < -0.4 is 15.1 Å². The van der Waals surface area contributed by atoms with Crippen LogP contribution >= 0.6 is 0 Å². The Morgan fingerprint density at radius 3 is 2.32 bits per heavy atom. The second-order valence-electron chi connectivity index (χ2n) is 7.00. The van der Waals surface area contributed by atoms with Crippen LogP contribution in [0.4, 0.5) is 42.5 Å². The first-order chi connectivity index (χ1) is 14.5. The van der Waals surface area contributed by atoms with Gasteiger partial charge in [0.15, 0.2) is 0 Å². The number of rotatable bonds is 4. The normalized spacial score (nSPS) is 15.5. The molecule has 0 saturated heterocycles. The fraction of sp³-hybridized carbons (Fsp3) is 0.350. The van der Waals surface area contributed by atoms with Gasteiger partial charge in [-0.25, -0.2) is 4.79 Å². The Balaban J connectivity index is 1.69. The molecule has 1 aliphatic heterocycles. The molecule has 1 unspecified atom stereocenters. The molecule has 31 heavy (non-hydrogen) atoms. The summed E-state index contributed by atoms with van der Waals surface area (Å²) < 4.78 is 77.0. The van der Waals surface area contributed by atoms with Gasteiger partial charge in [-0.2, -0.15) is 26.3 Å². The van der Waals surface area contributed by atoms with E-state index in [-0.39, 0.29) is 36.6 Å². The van der Waals surface area contributed by atoms with Gasteiger partial charge in [0, 0.05) is 19.6 Å². The van der Waals surface area contributed by atoms with Crippen LogP contribution in [0.2, 0.25) is 0 Å². The lowest BCUT2D eigenvalue weighted by atomic mass is 10.1. The minimum Gasteiger partial charge on any atom is -0.387 e. The van der Waals surface area contributed by atoms with E-state index in [1.54, 1.807) is 12.1 Å². The van der Waals surface area contributed by atoms with Crippen molar-refractivity contribution >= 4 is 17.4 Å². The van der Waals surface area contributed by atoms with Gasteiger partial charge in [0.2, 0.25) is 0 Å². The minimum absolute atomic E-state index is 0.0227. The van der Waals surface area contributed by atoms with Crippen LogP contribution in [-0.2, 0) is 6.18 Å². The Hall–Kier alpha value is -2.95. The van der Waals surface area contributed by atoms with Crippen LogP contribution in [0.5, 0.6) is 0 Å². The van der Waals surface area contributed by atoms with Crippen LogP contribution in [-0.4, -0.2) is 43.5 Å². The van der Waals surface area contributed by atoms with Crippen molar-refractivity contribution in [3.05, 3.63) is 59.7 Å². The van der Waals surface area contributed by atoms with Gasteiger partial charge in [-0.3, -0.25) is 4.90 Å². The Kier molecular flexibility index (Phi) is 6.35. The number of fused-ring (bicyclic) bond motifs is 1. The number of carbonyl (C=O) groups is 1. The maximum absolute atomic E-state index is 12.8. The summed E-state index contributed by atoms with van der Waals surface area (Å²) in [5, 5.41) is 12.6. The fourth-order valence-corrected chi connectivity index (χ4v) is 3.33. The molecule has 2 aromatic rings. The molecule has 0 aromatic heterocycles. The molecule has 1 aliphatic rings. The van der Waals surface area contributed by atoms with E-state index in [1.165, 1.54) is 23.1 Å². The number of hydrogen-bond donors (Lipinski definition) is 2. The highest BCUT2D eigenvalue weighted by atomic mass is 19.4. The van der Waals surface area contributed by atoms with Crippen molar-refractivity contribution in [2.45, 2.75) is 18.5 Å². The Labute approximate surface area is 173 Å². The van der Waals surface area contributed by atoms with Gasteiger partial charge in [-0.05, 0) is 29.8 Å². The third-order valence-corrected chi connectivity index (χ3v) is 4.77. The number of para-hydroxylation sites is 2. The topological polar surface area (TPSA) is 55.8 Å². The molecule has 1 heterocycles. The molecule has 0 bridgehead atoms. The lowest BCUT2D eigenvalue weighted by Gasteiger charge is -2.38. The van der Waals surface area contributed by atoms with Crippen molar-refractivity contribution in [2.24, 2.45) is 0 Å². The number of hydrogen-bond acceptors (Lipinski definition) is 3. The zero-order chi connectivity index (χ0) is 22.8. The van der Waals surface area contributed by atoms with Gasteiger partial charge in [-0.1, -0.05) is 24.3 Å². The SMILES string of the molecule is O=C(NCC(O)c1cccc(C(F)(F)F)c1)N1CCN(CC(F)(F)F)c2ccccc21. The van der Waals surface area contributed by atoms with Gasteiger partial charge in [0.1, 0.15) is 6.54 Å². The maximum atomic E-state index is 12.8. The predicted octanol–water partition coefficient (Wildman–Crippen LogP) is 4.34. The number of aliphatic hydroxyl groups is 1. The highest BCUT2D eigenvalue weighted by Crippen LogP contribution is 2.35. The molecule has 11 heteroatoms. The number of carbonyl (C=O) groups excluding carboxylic acids is 1. The number of amides is 2. The highest BCUT2D eigenvalue weighted by Gasteiger charge is 2.35. The standard InChI is InChI=1S/C20H19F6N3O2/c21-19(22,23)12-28-8-9-29(16-7-2-1-6-15(16)28)18(31)27-11-17(30)13-4-3-5-14(10-13)20(24,25)26/h1-7,10,17,30H,8-9,11-12H2,(H,27,31). The second-order valence-corrected chi connectivity index (χ2v) is 7.00. The van der Waals surface area contributed by atoms with E-state index >= 15 is 0 Å². The molecule has 0 saturated carbocycles. The van der Waals surface area contributed by atoms with E-state index < -0.39 is 36.6 Å². The summed E-state index contributed by atoms with van der Waals surface area (Å²) in [6.07, 6.45) is -10.4. The number of nitrogens with one attached hydrogen (secondary N) is 1. The third-order valence-electron chi connectivity index (χ3n) is 4.77. The molecule has 3 rings (SSSR count). The number of benzene rings is 2. The number of anilines is 2. The first-order valence-electron chi connectivity index (χ1n) is 9.27. The molecule has 2 N–H and O–H groups in total. The summed E-state index contributed by atoms with van der Waals surface area (Å²) in [5.74, 6) is 0. The van der Waals surface area contributed by atoms with E-state index in [9.17, 15) is 36.2 Å². The van der Waals surface area contributed by atoms with Gasteiger partial charge in [0.05, 0.1) is 23.0 Å². The lowest BCUT2D eigenvalue weighted by Crippen LogP contribution is -2.50. The average molecular weight is 447 g/mol. The van der Waals surface area contributed by atoms with Crippen LogP contribution in [0.15, 0.2) is 48.5 Å². The van der Waals surface area contributed by atoms with E-state index in [2.05, 4.69) is 5.32 Å². The number of halogens is 6. The number of nitrogens with zero attached hydrogens (tertiary/aromatic N) is 2. The Bertz CT molecular complexity index is 932. The fourth-order valence-electron chi connectivity index (χ4n) is 3.33. The largest absolute Gasteiger partial charge is 0.416 e. The van der Waals surface area contributed by atoms with E-state index in [0.717, 1.165) is 23.1 Å². The Morgan fingerprint density at radius 1 is 1.00 bits per heavy atom. The highest BCUT2D eigenvalue weighted by molar-refractivity contribution is 5.96. The van der Waals surface area contributed by atoms with Gasteiger partial charge in [-0.15, -0.1) is 0 Å². The molecule has 2 amide bonds.